The second-order valence-electron chi connectivity index (χ2n) is 7.28. The molecule has 0 unspecified atom stereocenters. The monoisotopic (exact) mass is 492 g/mol. The first-order valence-corrected chi connectivity index (χ1v) is 11.9. The van der Waals surface area contributed by atoms with Gasteiger partial charge in [0.25, 0.3) is 5.91 Å². The number of esters is 1. The van der Waals surface area contributed by atoms with E-state index in [2.05, 4.69) is 5.10 Å². The number of hydrogen-bond donors (Lipinski definition) is 0. The van der Waals surface area contributed by atoms with Crippen LogP contribution in [0.1, 0.15) is 16.3 Å². The van der Waals surface area contributed by atoms with Crippen LogP contribution in [0.3, 0.4) is 0 Å². The molecule has 0 aliphatic carbocycles. The van der Waals surface area contributed by atoms with Crippen LogP contribution in [-0.4, -0.2) is 72.1 Å². The molecule has 3 heterocycles. The highest BCUT2D eigenvalue weighted by Crippen LogP contribution is 2.20. The van der Waals surface area contributed by atoms with Crippen LogP contribution < -0.4 is 0 Å². The number of furan rings is 1. The summed E-state index contributed by atoms with van der Waals surface area (Å²) < 4.78 is 39.0. The Morgan fingerprint density at radius 1 is 1.06 bits per heavy atom. The number of halogens is 1. The molecule has 1 aliphatic rings. The number of piperazine rings is 1. The summed E-state index contributed by atoms with van der Waals surface area (Å²) in [6.45, 7) is 0.565. The van der Waals surface area contributed by atoms with Gasteiger partial charge in [-0.3, -0.25) is 9.48 Å². The summed E-state index contributed by atoms with van der Waals surface area (Å²) in [6.07, 6.45) is 3.40. The number of hydrogen-bond acceptors (Lipinski definition) is 7. The molecule has 0 saturated carbocycles. The molecule has 1 amide bonds. The van der Waals surface area contributed by atoms with Gasteiger partial charge in [-0.1, -0.05) is 11.6 Å². The number of benzene rings is 1. The molecule has 0 N–H and O–H groups in total. The molecule has 2 aromatic heterocycles. The molecule has 1 saturated heterocycles. The molecule has 33 heavy (non-hydrogen) atoms. The van der Waals surface area contributed by atoms with Gasteiger partial charge in [0.05, 0.1) is 11.4 Å². The quantitative estimate of drug-likeness (QED) is 0.462. The maximum absolute atomic E-state index is 12.7. The van der Waals surface area contributed by atoms with E-state index in [0.29, 0.717) is 17.3 Å². The summed E-state index contributed by atoms with van der Waals surface area (Å²) >= 11 is 5.82. The Kier molecular flexibility index (Phi) is 6.82. The van der Waals surface area contributed by atoms with E-state index in [0.717, 1.165) is 0 Å². The van der Waals surface area contributed by atoms with Crippen molar-refractivity contribution in [2.24, 2.45) is 0 Å². The van der Waals surface area contributed by atoms with Crippen LogP contribution in [0.2, 0.25) is 5.02 Å². The van der Waals surface area contributed by atoms with Crippen molar-refractivity contribution in [3.63, 3.8) is 0 Å². The van der Waals surface area contributed by atoms with Crippen molar-refractivity contribution in [3.05, 3.63) is 71.4 Å². The first kappa shape index (κ1) is 23.0. The van der Waals surface area contributed by atoms with Crippen LogP contribution in [0.5, 0.6) is 0 Å². The van der Waals surface area contributed by atoms with E-state index in [9.17, 15) is 18.0 Å². The molecule has 3 aromatic rings. The Bertz CT molecular complexity index is 1220. The lowest BCUT2D eigenvalue weighted by Crippen LogP contribution is -2.51. The van der Waals surface area contributed by atoms with Crippen LogP contribution in [0.25, 0.3) is 0 Å². The molecule has 0 bridgehead atoms. The molecule has 1 aliphatic heterocycles. The SMILES string of the molecule is O=C(OCC(=O)N1CCN(S(=O)(=O)c2ccc(Cl)cc2)CC1)c1ccc(Cn2cccn2)o1. The van der Waals surface area contributed by atoms with Crippen molar-refractivity contribution < 1.29 is 27.2 Å². The van der Waals surface area contributed by atoms with Gasteiger partial charge < -0.3 is 14.1 Å². The fraction of sp³-hybridized carbons (Fsp3) is 0.286. The predicted octanol–water partition coefficient (Wildman–Crippen LogP) is 1.87. The van der Waals surface area contributed by atoms with Gasteiger partial charge in [-0.25, -0.2) is 13.2 Å². The highest BCUT2D eigenvalue weighted by molar-refractivity contribution is 7.89. The molecule has 1 fully saturated rings. The molecule has 0 spiro atoms. The van der Waals surface area contributed by atoms with Crippen molar-refractivity contribution in [2.75, 3.05) is 32.8 Å². The average molecular weight is 493 g/mol. The van der Waals surface area contributed by atoms with Gasteiger partial charge in [-0.2, -0.15) is 9.40 Å². The van der Waals surface area contributed by atoms with E-state index in [-0.39, 0.29) is 36.8 Å². The second-order valence-corrected chi connectivity index (χ2v) is 9.66. The minimum atomic E-state index is -3.67. The Hall–Kier alpha value is -3.15. The standard InChI is InChI=1S/C21H21ClN4O6S/c22-16-2-5-18(6-3-16)33(29,30)26-12-10-24(11-13-26)20(27)15-31-21(28)19-7-4-17(32-19)14-25-9-1-8-23-25/h1-9H,10-15H2. The zero-order valence-electron chi connectivity index (χ0n) is 17.5. The van der Waals surface area contributed by atoms with Gasteiger partial charge in [0.15, 0.2) is 6.61 Å². The van der Waals surface area contributed by atoms with Crippen LogP contribution >= 0.6 is 11.6 Å². The van der Waals surface area contributed by atoms with E-state index in [4.69, 9.17) is 20.8 Å². The number of rotatable bonds is 7. The van der Waals surface area contributed by atoms with Crippen molar-refractivity contribution in [1.82, 2.24) is 19.0 Å². The number of amides is 1. The molecule has 174 valence electrons. The third-order valence-corrected chi connectivity index (χ3v) is 7.27. The van der Waals surface area contributed by atoms with Crippen molar-refractivity contribution >= 4 is 33.5 Å². The normalized spacial score (nSPS) is 14.9. The minimum absolute atomic E-state index is 0.0103. The lowest BCUT2D eigenvalue weighted by molar-refractivity contribution is -0.135. The highest BCUT2D eigenvalue weighted by Gasteiger charge is 2.30. The summed E-state index contributed by atoms with van der Waals surface area (Å²) in [5, 5.41) is 4.51. The van der Waals surface area contributed by atoms with Crippen LogP contribution in [0, 0.1) is 0 Å². The third kappa shape index (κ3) is 5.44. The fourth-order valence-electron chi connectivity index (χ4n) is 3.35. The first-order valence-electron chi connectivity index (χ1n) is 10.1. The molecule has 12 heteroatoms. The Labute approximate surface area is 195 Å². The van der Waals surface area contributed by atoms with Gasteiger partial charge in [-0.15, -0.1) is 0 Å². The lowest BCUT2D eigenvalue weighted by Gasteiger charge is -2.33. The lowest BCUT2D eigenvalue weighted by atomic mass is 10.3. The van der Waals surface area contributed by atoms with Crippen LogP contribution in [-0.2, 0) is 26.1 Å². The van der Waals surface area contributed by atoms with Crippen molar-refractivity contribution in [3.8, 4) is 0 Å². The van der Waals surface area contributed by atoms with E-state index in [1.54, 1.807) is 29.2 Å². The Morgan fingerprint density at radius 3 is 2.45 bits per heavy atom. The smallest absolute Gasteiger partial charge is 0.374 e. The summed E-state index contributed by atoms with van der Waals surface area (Å²) in [5.41, 5.74) is 0. The van der Waals surface area contributed by atoms with Gasteiger partial charge in [0, 0.05) is 43.6 Å². The maximum Gasteiger partial charge on any atom is 0.374 e. The van der Waals surface area contributed by atoms with E-state index >= 15 is 0 Å². The van der Waals surface area contributed by atoms with Gasteiger partial charge in [0.2, 0.25) is 15.8 Å². The number of ether oxygens (including phenoxy) is 1. The number of carbonyl (C=O) groups excluding carboxylic acids is 2. The second kappa shape index (κ2) is 9.77. The largest absolute Gasteiger partial charge is 0.452 e. The fourth-order valence-corrected chi connectivity index (χ4v) is 4.90. The molecule has 0 atom stereocenters. The van der Waals surface area contributed by atoms with Gasteiger partial charge >= 0.3 is 5.97 Å². The summed E-state index contributed by atoms with van der Waals surface area (Å²) in [7, 11) is -3.67. The number of carbonyl (C=O) groups is 2. The molecular weight excluding hydrogens is 472 g/mol. The molecule has 1 aromatic carbocycles. The predicted molar refractivity (Wildman–Crippen MR) is 117 cm³/mol. The van der Waals surface area contributed by atoms with E-state index in [1.807, 2.05) is 0 Å². The summed E-state index contributed by atoms with van der Waals surface area (Å²) in [4.78, 5) is 26.3. The number of sulfonamides is 1. The zero-order chi connectivity index (χ0) is 23.4. The maximum atomic E-state index is 12.7. The van der Waals surface area contributed by atoms with Gasteiger partial charge in [0.1, 0.15) is 5.76 Å². The molecule has 10 nitrogen and oxygen atoms in total. The number of nitrogens with zero attached hydrogens (tertiary/aromatic N) is 4. The van der Waals surface area contributed by atoms with Gasteiger partial charge in [-0.05, 0) is 42.5 Å². The molecule has 4 rings (SSSR count). The van der Waals surface area contributed by atoms with Crippen LogP contribution in [0.4, 0.5) is 0 Å². The summed E-state index contributed by atoms with van der Waals surface area (Å²) in [5.74, 6) is -0.645. The minimum Gasteiger partial charge on any atom is -0.452 e. The van der Waals surface area contributed by atoms with Crippen molar-refractivity contribution in [2.45, 2.75) is 11.4 Å². The third-order valence-electron chi connectivity index (χ3n) is 5.11. The van der Waals surface area contributed by atoms with E-state index in [1.165, 1.54) is 39.5 Å². The molecular formula is C21H21ClN4O6S. The highest BCUT2D eigenvalue weighted by atomic mass is 35.5. The van der Waals surface area contributed by atoms with Crippen LogP contribution in [0.15, 0.2) is 64.2 Å². The topological polar surface area (TPSA) is 115 Å². The van der Waals surface area contributed by atoms with Crippen molar-refractivity contribution in [1.29, 1.82) is 0 Å². The number of aromatic nitrogens is 2. The Morgan fingerprint density at radius 2 is 1.79 bits per heavy atom. The zero-order valence-corrected chi connectivity index (χ0v) is 19.0. The summed E-state index contributed by atoms with van der Waals surface area (Å²) in [6, 6.07) is 10.8. The Balaban J connectivity index is 1.26. The molecule has 0 radical (unpaired) electrons. The first-order chi connectivity index (χ1) is 15.8. The average Bonchev–Trinajstić information content (AvgIpc) is 3.50. The van der Waals surface area contributed by atoms with E-state index < -0.39 is 28.5 Å².